The van der Waals surface area contributed by atoms with Crippen molar-refractivity contribution in [1.82, 2.24) is 5.32 Å². The van der Waals surface area contributed by atoms with E-state index < -0.39 is 0 Å². The molecule has 0 saturated carbocycles. The van der Waals surface area contributed by atoms with Gasteiger partial charge in [0, 0.05) is 12.0 Å². The lowest BCUT2D eigenvalue weighted by Gasteiger charge is -2.26. The number of hydrogen-bond acceptors (Lipinski definition) is 1. The van der Waals surface area contributed by atoms with Gasteiger partial charge in [0.05, 0.1) is 0 Å². The SMILES string of the molecule is CCCNCC(C)(C)c1cc(C)cc(C)c1. The predicted molar refractivity (Wildman–Crippen MR) is 72.1 cm³/mol. The molecule has 0 aliphatic heterocycles. The molecule has 90 valence electrons. The number of benzene rings is 1. The van der Waals surface area contributed by atoms with Crippen molar-refractivity contribution < 1.29 is 0 Å². The van der Waals surface area contributed by atoms with Gasteiger partial charge in [-0.05, 0) is 32.4 Å². The second-order valence-electron chi connectivity index (χ2n) is 5.44. The van der Waals surface area contributed by atoms with Crippen molar-refractivity contribution in [1.29, 1.82) is 0 Å². The van der Waals surface area contributed by atoms with E-state index >= 15 is 0 Å². The van der Waals surface area contributed by atoms with E-state index in [4.69, 9.17) is 0 Å². The quantitative estimate of drug-likeness (QED) is 0.746. The molecular weight excluding hydrogens is 194 g/mol. The molecule has 0 unspecified atom stereocenters. The van der Waals surface area contributed by atoms with Gasteiger partial charge < -0.3 is 5.32 Å². The Kier molecular flexibility index (Phi) is 4.55. The van der Waals surface area contributed by atoms with Gasteiger partial charge in [-0.3, -0.25) is 0 Å². The monoisotopic (exact) mass is 219 g/mol. The summed E-state index contributed by atoms with van der Waals surface area (Å²) in [6.45, 7) is 13.3. The zero-order valence-corrected chi connectivity index (χ0v) is 11.4. The fourth-order valence-corrected chi connectivity index (χ4v) is 2.05. The number of nitrogens with one attached hydrogen (secondary N) is 1. The summed E-state index contributed by atoms with van der Waals surface area (Å²) >= 11 is 0. The molecule has 1 nitrogen and oxygen atoms in total. The summed E-state index contributed by atoms with van der Waals surface area (Å²) in [5.41, 5.74) is 4.37. The average Bonchev–Trinajstić information content (AvgIpc) is 2.16. The van der Waals surface area contributed by atoms with Crippen LogP contribution in [0.5, 0.6) is 0 Å². The minimum Gasteiger partial charge on any atom is -0.316 e. The molecule has 16 heavy (non-hydrogen) atoms. The van der Waals surface area contributed by atoms with Crippen molar-refractivity contribution in [2.24, 2.45) is 0 Å². The lowest BCUT2D eigenvalue weighted by atomic mass is 9.83. The molecule has 1 heteroatoms. The molecule has 1 rings (SSSR count). The molecule has 0 aliphatic carbocycles. The van der Waals surface area contributed by atoms with Gasteiger partial charge >= 0.3 is 0 Å². The maximum absolute atomic E-state index is 3.51. The standard InChI is InChI=1S/C15H25N/c1-6-7-16-11-15(4,5)14-9-12(2)8-13(3)10-14/h8-10,16H,6-7,11H2,1-5H3. The highest BCUT2D eigenvalue weighted by Crippen LogP contribution is 2.24. The molecule has 0 bridgehead atoms. The van der Waals surface area contributed by atoms with Gasteiger partial charge in [0.25, 0.3) is 0 Å². The lowest BCUT2D eigenvalue weighted by Crippen LogP contribution is -2.33. The minimum atomic E-state index is 0.214. The Balaban J connectivity index is 2.80. The fourth-order valence-electron chi connectivity index (χ4n) is 2.05. The normalized spacial score (nSPS) is 11.8. The van der Waals surface area contributed by atoms with Crippen LogP contribution in [0.25, 0.3) is 0 Å². The van der Waals surface area contributed by atoms with E-state index in [0.717, 1.165) is 13.1 Å². The first-order valence-electron chi connectivity index (χ1n) is 6.25. The maximum Gasteiger partial charge on any atom is 0.00431 e. The Labute approximate surface area is 100 Å². The van der Waals surface area contributed by atoms with Gasteiger partial charge in [0.2, 0.25) is 0 Å². The highest BCUT2D eigenvalue weighted by molar-refractivity contribution is 5.33. The van der Waals surface area contributed by atoms with Crippen molar-refractivity contribution in [2.75, 3.05) is 13.1 Å². The molecule has 0 amide bonds. The largest absolute Gasteiger partial charge is 0.316 e. The second kappa shape index (κ2) is 5.49. The van der Waals surface area contributed by atoms with E-state index in [1.54, 1.807) is 0 Å². The van der Waals surface area contributed by atoms with Crippen LogP contribution in [0.3, 0.4) is 0 Å². The van der Waals surface area contributed by atoms with Gasteiger partial charge in [0.15, 0.2) is 0 Å². The Morgan fingerprint density at radius 3 is 2.12 bits per heavy atom. The maximum atomic E-state index is 3.51. The summed E-state index contributed by atoms with van der Waals surface area (Å²) in [5.74, 6) is 0. The molecule has 0 heterocycles. The van der Waals surface area contributed by atoms with Gasteiger partial charge in [-0.2, -0.15) is 0 Å². The third-order valence-electron chi connectivity index (χ3n) is 3.00. The van der Waals surface area contributed by atoms with Crippen LogP contribution in [0.2, 0.25) is 0 Å². The van der Waals surface area contributed by atoms with Crippen LogP contribution in [-0.4, -0.2) is 13.1 Å². The number of aryl methyl sites for hydroxylation is 2. The molecule has 0 atom stereocenters. The van der Waals surface area contributed by atoms with Gasteiger partial charge in [0.1, 0.15) is 0 Å². The Morgan fingerprint density at radius 1 is 1.06 bits per heavy atom. The van der Waals surface area contributed by atoms with Crippen LogP contribution in [0.1, 0.15) is 43.9 Å². The summed E-state index contributed by atoms with van der Waals surface area (Å²) < 4.78 is 0. The molecule has 0 radical (unpaired) electrons. The molecular formula is C15H25N. The van der Waals surface area contributed by atoms with Crippen molar-refractivity contribution in [3.05, 3.63) is 34.9 Å². The Morgan fingerprint density at radius 2 is 1.62 bits per heavy atom. The molecule has 0 saturated heterocycles. The first kappa shape index (κ1) is 13.2. The molecule has 1 aromatic rings. The molecule has 0 spiro atoms. The third-order valence-corrected chi connectivity index (χ3v) is 3.00. The Hall–Kier alpha value is -0.820. The zero-order valence-electron chi connectivity index (χ0n) is 11.4. The topological polar surface area (TPSA) is 12.0 Å². The van der Waals surface area contributed by atoms with Crippen LogP contribution < -0.4 is 5.32 Å². The molecule has 0 aromatic heterocycles. The van der Waals surface area contributed by atoms with Gasteiger partial charge in [-0.15, -0.1) is 0 Å². The zero-order chi connectivity index (χ0) is 12.2. The van der Waals surface area contributed by atoms with Crippen LogP contribution in [0, 0.1) is 13.8 Å². The summed E-state index contributed by atoms with van der Waals surface area (Å²) in [6.07, 6.45) is 1.20. The molecule has 1 aromatic carbocycles. The lowest BCUT2D eigenvalue weighted by molar-refractivity contribution is 0.469. The second-order valence-corrected chi connectivity index (χ2v) is 5.44. The van der Waals surface area contributed by atoms with E-state index in [1.165, 1.54) is 23.1 Å². The van der Waals surface area contributed by atoms with Crippen molar-refractivity contribution in [3.8, 4) is 0 Å². The molecule has 1 N–H and O–H groups in total. The van der Waals surface area contributed by atoms with E-state index in [1.807, 2.05) is 0 Å². The van der Waals surface area contributed by atoms with Crippen molar-refractivity contribution in [3.63, 3.8) is 0 Å². The summed E-state index contributed by atoms with van der Waals surface area (Å²) in [7, 11) is 0. The summed E-state index contributed by atoms with van der Waals surface area (Å²) in [4.78, 5) is 0. The Bertz CT molecular complexity index is 319. The van der Waals surface area contributed by atoms with E-state index in [-0.39, 0.29) is 5.41 Å². The van der Waals surface area contributed by atoms with Crippen LogP contribution in [0.4, 0.5) is 0 Å². The highest BCUT2D eigenvalue weighted by atomic mass is 14.9. The average molecular weight is 219 g/mol. The number of rotatable bonds is 5. The minimum absolute atomic E-state index is 0.214. The predicted octanol–water partition coefficient (Wildman–Crippen LogP) is 3.58. The van der Waals surface area contributed by atoms with Crippen LogP contribution >= 0.6 is 0 Å². The van der Waals surface area contributed by atoms with E-state index in [0.29, 0.717) is 0 Å². The number of hydrogen-bond donors (Lipinski definition) is 1. The van der Waals surface area contributed by atoms with Gasteiger partial charge in [-0.1, -0.05) is 50.1 Å². The smallest absolute Gasteiger partial charge is 0.00431 e. The van der Waals surface area contributed by atoms with Crippen LogP contribution in [-0.2, 0) is 5.41 Å². The first-order chi connectivity index (χ1) is 7.45. The first-order valence-corrected chi connectivity index (χ1v) is 6.25. The van der Waals surface area contributed by atoms with Crippen molar-refractivity contribution in [2.45, 2.75) is 46.5 Å². The van der Waals surface area contributed by atoms with Crippen molar-refractivity contribution >= 4 is 0 Å². The van der Waals surface area contributed by atoms with Crippen LogP contribution in [0.15, 0.2) is 18.2 Å². The molecule has 0 fully saturated rings. The third kappa shape index (κ3) is 3.64. The fraction of sp³-hybridized carbons (Fsp3) is 0.600. The summed E-state index contributed by atoms with van der Waals surface area (Å²) in [6, 6.07) is 6.85. The summed E-state index contributed by atoms with van der Waals surface area (Å²) in [5, 5.41) is 3.51. The molecule has 0 aliphatic rings. The highest BCUT2D eigenvalue weighted by Gasteiger charge is 2.20. The van der Waals surface area contributed by atoms with E-state index in [9.17, 15) is 0 Å². The van der Waals surface area contributed by atoms with E-state index in [2.05, 4.69) is 58.1 Å². The van der Waals surface area contributed by atoms with Gasteiger partial charge in [-0.25, -0.2) is 0 Å².